The summed E-state index contributed by atoms with van der Waals surface area (Å²) in [6.07, 6.45) is 1.86. The number of esters is 1. The number of carbonyl (C=O) groups is 3. The van der Waals surface area contributed by atoms with Crippen LogP contribution < -0.4 is 5.32 Å². The lowest BCUT2D eigenvalue weighted by Crippen LogP contribution is -2.27. The normalized spacial score (nSPS) is 11.6. The van der Waals surface area contributed by atoms with Crippen molar-refractivity contribution in [3.8, 4) is 0 Å². The number of thiazole rings is 1. The van der Waals surface area contributed by atoms with Crippen molar-refractivity contribution in [3.63, 3.8) is 0 Å². The van der Waals surface area contributed by atoms with Crippen LogP contribution in [0.25, 0.3) is 5.57 Å². The summed E-state index contributed by atoms with van der Waals surface area (Å²) in [4.78, 5) is 38.6. The zero-order chi connectivity index (χ0) is 20.4. The molecular formula is C17H24N2O7S. The summed E-state index contributed by atoms with van der Waals surface area (Å²) >= 11 is 1.03. The summed E-state index contributed by atoms with van der Waals surface area (Å²) in [5.74, 6) is -1.88. The van der Waals surface area contributed by atoms with Gasteiger partial charge < -0.3 is 19.3 Å². The van der Waals surface area contributed by atoms with Gasteiger partial charge in [-0.25, -0.2) is 19.4 Å². The molecule has 0 bridgehead atoms. The molecule has 0 saturated heterocycles. The lowest BCUT2D eigenvalue weighted by Gasteiger charge is -2.18. The van der Waals surface area contributed by atoms with Crippen LogP contribution in [0.4, 0.5) is 9.93 Å². The number of carbonyl (C=O) groups excluding carboxylic acids is 2. The van der Waals surface area contributed by atoms with E-state index in [1.807, 2.05) is 6.92 Å². The fourth-order valence-electron chi connectivity index (χ4n) is 1.63. The van der Waals surface area contributed by atoms with E-state index >= 15 is 0 Å². The topological polar surface area (TPSA) is 124 Å². The Morgan fingerprint density at radius 1 is 1.33 bits per heavy atom. The third kappa shape index (κ3) is 9.04. The van der Waals surface area contributed by atoms with E-state index in [2.05, 4.69) is 10.3 Å². The van der Waals surface area contributed by atoms with Gasteiger partial charge in [0.25, 0.3) is 0 Å². The van der Waals surface area contributed by atoms with Crippen molar-refractivity contribution in [2.45, 2.75) is 46.1 Å². The number of carboxylic acids is 1. The van der Waals surface area contributed by atoms with Gasteiger partial charge in [-0.1, -0.05) is 13.3 Å². The Balaban J connectivity index is 2.67. The van der Waals surface area contributed by atoms with Crippen LogP contribution in [-0.4, -0.2) is 46.9 Å². The van der Waals surface area contributed by atoms with Gasteiger partial charge in [0.1, 0.15) is 17.4 Å². The van der Waals surface area contributed by atoms with Gasteiger partial charge in [-0.2, -0.15) is 0 Å². The Bertz CT molecular complexity index is 692. The fourth-order valence-corrected chi connectivity index (χ4v) is 2.33. The standard InChI is InChI=1S/C17H24N2O7S/c1-5-6-7-25-13(20)9-24-8-11(14(21)22)12-10-27-15(18-12)19-16(23)26-17(2,3)4/h8,10H,5-7,9H2,1-4H3,(H,21,22)(H,18,19,23). The van der Waals surface area contributed by atoms with Crippen molar-refractivity contribution < 1.29 is 33.7 Å². The molecule has 1 rings (SSSR count). The summed E-state index contributed by atoms with van der Waals surface area (Å²) in [7, 11) is 0. The third-order valence-electron chi connectivity index (χ3n) is 2.78. The van der Waals surface area contributed by atoms with E-state index in [1.54, 1.807) is 20.8 Å². The van der Waals surface area contributed by atoms with Crippen LogP contribution in [-0.2, 0) is 23.8 Å². The number of ether oxygens (including phenoxy) is 3. The van der Waals surface area contributed by atoms with E-state index in [1.165, 1.54) is 5.38 Å². The molecular weight excluding hydrogens is 376 g/mol. The van der Waals surface area contributed by atoms with E-state index in [4.69, 9.17) is 14.2 Å². The molecule has 0 saturated carbocycles. The minimum atomic E-state index is -1.29. The van der Waals surface area contributed by atoms with Gasteiger partial charge >= 0.3 is 18.0 Å². The van der Waals surface area contributed by atoms with Gasteiger partial charge in [-0.3, -0.25) is 5.32 Å². The average Bonchev–Trinajstić information content (AvgIpc) is 2.97. The zero-order valence-electron chi connectivity index (χ0n) is 15.7. The molecule has 1 amide bonds. The zero-order valence-corrected chi connectivity index (χ0v) is 16.6. The van der Waals surface area contributed by atoms with Gasteiger partial charge in [-0.15, -0.1) is 11.3 Å². The second-order valence-electron chi connectivity index (χ2n) is 6.39. The van der Waals surface area contributed by atoms with Crippen LogP contribution in [0.5, 0.6) is 0 Å². The Morgan fingerprint density at radius 2 is 2.04 bits per heavy atom. The second kappa shape index (κ2) is 10.5. The number of nitrogens with one attached hydrogen (secondary N) is 1. The molecule has 150 valence electrons. The Kier molecular flexibility index (Phi) is 8.73. The number of carboxylic acid groups (broad SMARTS) is 1. The molecule has 27 heavy (non-hydrogen) atoms. The number of unbranched alkanes of at least 4 members (excludes halogenated alkanes) is 1. The van der Waals surface area contributed by atoms with Gasteiger partial charge in [0.2, 0.25) is 0 Å². The Morgan fingerprint density at radius 3 is 2.63 bits per heavy atom. The molecule has 1 heterocycles. The molecule has 2 N–H and O–H groups in total. The summed E-state index contributed by atoms with van der Waals surface area (Å²) < 4.78 is 15.0. The van der Waals surface area contributed by atoms with Crippen molar-refractivity contribution in [1.82, 2.24) is 4.98 Å². The first kappa shape index (κ1) is 22.4. The molecule has 0 aliphatic heterocycles. The first-order chi connectivity index (χ1) is 12.6. The number of aromatic nitrogens is 1. The molecule has 0 radical (unpaired) electrons. The summed E-state index contributed by atoms with van der Waals surface area (Å²) in [6, 6.07) is 0. The predicted molar refractivity (Wildman–Crippen MR) is 99.4 cm³/mol. The summed E-state index contributed by atoms with van der Waals surface area (Å²) in [5, 5.41) is 13.3. The minimum Gasteiger partial charge on any atom is -0.489 e. The lowest BCUT2D eigenvalue weighted by molar-refractivity contribution is -0.147. The lowest BCUT2D eigenvalue weighted by atomic mass is 10.2. The number of aliphatic carboxylic acids is 1. The van der Waals surface area contributed by atoms with Gasteiger partial charge in [0, 0.05) is 5.38 Å². The van der Waals surface area contributed by atoms with E-state index in [-0.39, 0.29) is 16.4 Å². The van der Waals surface area contributed by atoms with E-state index in [9.17, 15) is 19.5 Å². The molecule has 10 heteroatoms. The van der Waals surface area contributed by atoms with Crippen molar-refractivity contribution >= 4 is 40.1 Å². The van der Waals surface area contributed by atoms with Crippen LogP contribution in [0.1, 0.15) is 46.2 Å². The number of amides is 1. The summed E-state index contributed by atoms with van der Waals surface area (Å²) in [6.45, 7) is 7.00. The minimum absolute atomic E-state index is 0.0814. The van der Waals surface area contributed by atoms with Crippen LogP contribution in [0.15, 0.2) is 11.6 Å². The molecule has 0 aromatic carbocycles. The van der Waals surface area contributed by atoms with Crippen LogP contribution in [0, 0.1) is 0 Å². The third-order valence-corrected chi connectivity index (χ3v) is 3.54. The summed E-state index contributed by atoms with van der Waals surface area (Å²) in [5.41, 5.74) is -0.849. The largest absolute Gasteiger partial charge is 0.489 e. The number of nitrogens with zero attached hydrogens (tertiary/aromatic N) is 1. The highest BCUT2D eigenvalue weighted by Crippen LogP contribution is 2.22. The molecule has 1 aromatic heterocycles. The highest BCUT2D eigenvalue weighted by atomic mass is 32.1. The number of hydrogen-bond acceptors (Lipinski definition) is 8. The van der Waals surface area contributed by atoms with E-state index in [0.29, 0.717) is 6.61 Å². The highest BCUT2D eigenvalue weighted by Gasteiger charge is 2.19. The SMILES string of the molecule is CCCCOC(=O)COC=C(C(=O)O)c1csc(NC(=O)OC(C)(C)C)n1. The number of rotatable bonds is 9. The van der Waals surface area contributed by atoms with Crippen LogP contribution in [0.2, 0.25) is 0 Å². The molecule has 0 spiro atoms. The molecule has 0 unspecified atom stereocenters. The maximum Gasteiger partial charge on any atom is 0.413 e. The monoisotopic (exact) mass is 400 g/mol. The Hall–Kier alpha value is -2.62. The van der Waals surface area contributed by atoms with Crippen LogP contribution in [0.3, 0.4) is 0 Å². The quantitative estimate of drug-likeness (QED) is 0.280. The fraction of sp³-hybridized carbons (Fsp3) is 0.529. The average molecular weight is 400 g/mol. The maximum atomic E-state index is 11.7. The van der Waals surface area contributed by atoms with Crippen LogP contribution >= 0.6 is 11.3 Å². The number of hydrogen-bond donors (Lipinski definition) is 2. The van der Waals surface area contributed by atoms with Gasteiger partial charge in [0.05, 0.1) is 12.3 Å². The maximum absolute atomic E-state index is 11.7. The highest BCUT2D eigenvalue weighted by molar-refractivity contribution is 7.14. The second-order valence-corrected chi connectivity index (χ2v) is 7.24. The molecule has 0 fully saturated rings. The van der Waals surface area contributed by atoms with Crippen molar-refractivity contribution in [2.75, 3.05) is 18.5 Å². The first-order valence-corrected chi connectivity index (χ1v) is 9.17. The predicted octanol–water partition coefficient (Wildman–Crippen LogP) is 3.28. The van der Waals surface area contributed by atoms with E-state index in [0.717, 1.165) is 30.4 Å². The van der Waals surface area contributed by atoms with Crippen molar-refractivity contribution in [3.05, 3.63) is 17.3 Å². The molecule has 1 aromatic rings. The number of anilines is 1. The van der Waals surface area contributed by atoms with Crippen molar-refractivity contribution in [1.29, 1.82) is 0 Å². The Labute approximate surface area is 161 Å². The van der Waals surface area contributed by atoms with Crippen molar-refractivity contribution in [2.24, 2.45) is 0 Å². The molecule has 9 nitrogen and oxygen atoms in total. The molecule has 0 atom stereocenters. The van der Waals surface area contributed by atoms with E-state index < -0.39 is 30.2 Å². The van der Waals surface area contributed by atoms with Gasteiger partial charge in [-0.05, 0) is 27.2 Å². The molecule has 0 aliphatic rings. The molecule has 0 aliphatic carbocycles. The first-order valence-electron chi connectivity index (χ1n) is 8.29. The smallest absolute Gasteiger partial charge is 0.413 e. The van der Waals surface area contributed by atoms with Gasteiger partial charge in [0.15, 0.2) is 11.7 Å².